The van der Waals surface area contributed by atoms with Crippen molar-refractivity contribution in [2.45, 2.75) is 147 Å². The third kappa shape index (κ3) is 6.63. The van der Waals surface area contributed by atoms with Gasteiger partial charge in [0, 0.05) is 12.3 Å². The van der Waals surface area contributed by atoms with Gasteiger partial charge in [-0.15, -0.1) is 0 Å². The molecule has 0 radical (unpaired) electrons. The Morgan fingerprint density at radius 3 is 2.10 bits per heavy atom. The van der Waals surface area contributed by atoms with Gasteiger partial charge >= 0.3 is 36.4 Å². The molecule has 2 saturated heterocycles. The molecule has 0 N–H and O–H groups in total. The first-order valence-corrected chi connectivity index (χ1v) is 16.8. The average Bonchev–Trinajstić information content (AvgIpc) is 3.63. The lowest BCUT2D eigenvalue weighted by atomic mass is 9.67. The number of hydrogen-bond donors (Lipinski definition) is 0. The van der Waals surface area contributed by atoms with Crippen LogP contribution in [0.4, 0.5) is 39.5 Å². The zero-order valence-electron chi connectivity index (χ0n) is 27.1. The highest BCUT2D eigenvalue weighted by Crippen LogP contribution is 2.68. The molecule has 0 aromatic carbocycles. The molecule has 0 spiro atoms. The normalized spacial score (nSPS) is 33.8. The number of carbonyl (C=O) groups is 3. The van der Waals surface area contributed by atoms with E-state index in [1.807, 2.05) is 0 Å². The Morgan fingerprint density at radius 2 is 1.55 bits per heavy atom. The Bertz CT molecular complexity index is 1240. The number of ether oxygens (including phenoxy) is 5. The Morgan fingerprint density at radius 1 is 0.898 bits per heavy atom. The van der Waals surface area contributed by atoms with Crippen LogP contribution in [0.2, 0.25) is 0 Å². The second-order valence-corrected chi connectivity index (χ2v) is 14.4. The van der Waals surface area contributed by atoms with Crippen LogP contribution in [0.25, 0.3) is 0 Å². The van der Waals surface area contributed by atoms with E-state index in [1.165, 1.54) is 6.92 Å². The van der Waals surface area contributed by atoms with Gasteiger partial charge in [0.2, 0.25) is 6.29 Å². The van der Waals surface area contributed by atoms with Crippen molar-refractivity contribution in [3.05, 3.63) is 0 Å². The molecule has 5 fully saturated rings. The lowest BCUT2D eigenvalue weighted by molar-refractivity contribution is -0.286. The standard InChI is InChI=1S/C32H41F9O8/c1-3-18(46-22-17-13-20-23(22)49-26(44)29(20,14-17)32(39,40)41)15-28(31(36,37)38,25(43)48-21-11-7-8-12-45-21)16-27(2,30(33,34)35)24(42)47-19-9-5-4-6-10-19/h17-23H,3-16H2,1-2H3. The van der Waals surface area contributed by atoms with Gasteiger partial charge in [-0.2, -0.15) is 39.5 Å². The molecule has 49 heavy (non-hydrogen) atoms. The molecule has 2 bridgehead atoms. The summed E-state index contributed by atoms with van der Waals surface area (Å²) in [4.78, 5) is 39.5. The predicted octanol–water partition coefficient (Wildman–Crippen LogP) is 7.51. The molecule has 5 rings (SSSR count). The summed E-state index contributed by atoms with van der Waals surface area (Å²) in [6.45, 7) is 1.61. The van der Waals surface area contributed by atoms with Gasteiger partial charge in [-0.05, 0) is 83.5 Å². The van der Waals surface area contributed by atoms with E-state index in [1.54, 1.807) is 0 Å². The van der Waals surface area contributed by atoms with Crippen molar-refractivity contribution in [2.75, 3.05) is 6.61 Å². The quantitative estimate of drug-likeness (QED) is 0.123. The Hall–Kier alpha value is -2.30. The molecule has 0 aromatic heterocycles. The minimum absolute atomic E-state index is 0.0210. The molecule has 0 amide bonds. The minimum Gasteiger partial charge on any atom is -0.462 e. The van der Waals surface area contributed by atoms with Crippen LogP contribution < -0.4 is 0 Å². The lowest BCUT2D eigenvalue weighted by Crippen LogP contribution is -2.57. The monoisotopic (exact) mass is 724 g/mol. The minimum atomic E-state index is -5.76. The van der Waals surface area contributed by atoms with Gasteiger partial charge in [0.15, 0.2) is 16.2 Å². The van der Waals surface area contributed by atoms with E-state index in [0.29, 0.717) is 25.7 Å². The Balaban J connectivity index is 1.48. The van der Waals surface area contributed by atoms with Crippen LogP contribution >= 0.6 is 0 Å². The molecule has 2 aliphatic heterocycles. The molecule has 8 nitrogen and oxygen atoms in total. The van der Waals surface area contributed by atoms with Crippen LogP contribution in [-0.2, 0) is 38.1 Å². The van der Waals surface area contributed by atoms with E-state index in [0.717, 1.165) is 6.42 Å². The first kappa shape index (κ1) is 37.9. The van der Waals surface area contributed by atoms with Crippen molar-refractivity contribution in [2.24, 2.45) is 28.1 Å². The van der Waals surface area contributed by atoms with Crippen LogP contribution in [0, 0.1) is 28.1 Å². The van der Waals surface area contributed by atoms with Gasteiger partial charge in [0.05, 0.1) is 18.8 Å². The first-order chi connectivity index (χ1) is 22.7. The summed E-state index contributed by atoms with van der Waals surface area (Å²) >= 11 is 0. The largest absolute Gasteiger partial charge is 0.462 e. The highest BCUT2D eigenvalue weighted by Gasteiger charge is 2.80. The number of rotatable bonds is 11. The van der Waals surface area contributed by atoms with E-state index < -0.39 is 114 Å². The fraction of sp³-hybridized carbons (Fsp3) is 0.906. The maximum Gasteiger partial charge on any atom is 0.405 e. The summed E-state index contributed by atoms with van der Waals surface area (Å²) in [5.74, 6) is -7.88. The summed E-state index contributed by atoms with van der Waals surface area (Å²) in [6, 6.07) is 0. The first-order valence-electron chi connectivity index (χ1n) is 16.8. The smallest absolute Gasteiger partial charge is 0.405 e. The molecule has 3 saturated carbocycles. The van der Waals surface area contributed by atoms with E-state index in [4.69, 9.17) is 23.7 Å². The van der Waals surface area contributed by atoms with Gasteiger partial charge in [-0.1, -0.05) is 13.3 Å². The second kappa shape index (κ2) is 13.4. The van der Waals surface area contributed by atoms with E-state index in [2.05, 4.69) is 0 Å². The summed E-state index contributed by atoms with van der Waals surface area (Å²) in [5.41, 5.74) is -10.6. The number of alkyl halides is 9. The molecule has 3 aliphatic carbocycles. The SMILES string of the molecule is CCC(CC(CC(C)(C(=O)OC1CCCCC1)C(F)(F)F)(C(=O)OC1CCCCO1)C(F)(F)F)OC1C2CC3C1OC(=O)C3(C(F)(F)F)C2. The van der Waals surface area contributed by atoms with Crippen LogP contribution in [0.15, 0.2) is 0 Å². The number of hydrogen-bond acceptors (Lipinski definition) is 8. The van der Waals surface area contributed by atoms with Crippen LogP contribution in [-0.4, -0.2) is 73.7 Å². The predicted molar refractivity (Wildman–Crippen MR) is 148 cm³/mol. The zero-order chi connectivity index (χ0) is 36.2. The Labute approximate surface area is 277 Å². The van der Waals surface area contributed by atoms with Crippen LogP contribution in [0.5, 0.6) is 0 Å². The number of fused-ring (bicyclic) bond motifs is 1. The van der Waals surface area contributed by atoms with E-state index >= 15 is 13.2 Å². The topological polar surface area (TPSA) is 97.4 Å². The maximum absolute atomic E-state index is 15.5. The summed E-state index contributed by atoms with van der Waals surface area (Å²) < 4.78 is 160. The van der Waals surface area contributed by atoms with Crippen molar-refractivity contribution < 1.29 is 77.6 Å². The van der Waals surface area contributed by atoms with Crippen LogP contribution in [0.3, 0.4) is 0 Å². The highest BCUT2D eigenvalue weighted by molar-refractivity contribution is 5.83. The van der Waals surface area contributed by atoms with Gasteiger partial charge < -0.3 is 23.7 Å². The molecule has 5 aliphatic rings. The molecule has 17 heteroatoms. The van der Waals surface area contributed by atoms with Gasteiger partial charge in [0.1, 0.15) is 12.2 Å². The molecule has 2 heterocycles. The second-order valence-electron chi connectivity index (χ2n) is 14.4. The molecular formula is C32H41F9O8. The van der Waals surface area contributed by atoms with E-state index in [9.17, 15) is 40.7 Å². The fourth-order valence-corrected chi connectivity index (χ4v) is 8.43. The third-order valence-corrected chi connectivity index (χ3v) is 11.3. The van der Waals surface area contributed by atoms with Crippen molar-refractivity contribution in [3.63, 3.8) is 0 Å². The zero-order valence-corrected chi connectivity index (χ0v) is 27.1. The number of halogens is 9. The molecular weight excluding hydrogens is 683 g/mol. The van der Waals surface area contributed by atoms with Crippen molar-refractivity contribution in [1.82, 2.24) is 0 Å². The van der Waals surface area contributed by atoms with Crippen LogP contribution in [0.1, 0.15) is 97.3 Å². The summed E-state index contributed by atoms with van der Waals surface area (Å²) in [7, 11) is 0. The summed E-state index contributed by atoms with van der Waals surface area (Å²) in [6.07, 6.45) is -24.9. The number of esters is 3. The molecule has 9 atom stereocenters. The maximum atomic E-state index is 15.5. The van der Waals surface area contributed by atoms with Crippen molar-refractivity contribution in [1.29, 1.82) is 0 Å². The number of carbonyl (C=O) groups excluding carboxylic acids is 3. The Kier molecular flexibility index (Phi) is 10.3. The van der Waals surface area contributed by atoms with Crippen molar-refractivity contribution in [3.8, 4) is 0 Å². The lowest BCUT2D eigenvalue weighted by Gasteiger charge is -2.43. The molecule has 9 unspecified atom stereocenters. The molecule has 280 valence electrons. The van der Waals surface area contributed by atoms with Gasteiger partial charge in [-0.25, -0.2) is 0 Å². The van der Waals surface area contributed by atoms with Gasteiger partial charge in [-0.3, -0.25) is 14.4 Å². The summed E-state index contributed by atoms with van der Waals surface area (Å²) in [5, 5.41) is 0. The van der Waals surface area contributed by atoms with E-state index in [-0.39, 0.29) is 45.6 Å². The third-order valence-electron chi connectivity index (χ3n) is 11.3. The average molecular weight is 725 g/mol. The van der Waals surface area contributed by atoms with Crippen molar-refractivity contribution >= 4 is 17.9 Å². The van der Waals surface area contributed by atoms with Gasteiger partial charge in [0.25, 0.3) is 0 Å². The molecule has 0 aromatic rings. The highest BCUT2D eigenvalue weighted by atomic mass is 19.4. The fourth-order valence-electron chi connectivity index (χ4n) is 8.43.